The van der Waals surface area contributed by atoms with Crippen LogP contribution in [0.15, 0.2) is 18.2 Å². The van der Waals surface area contributed by atoms with Crippen LogP contribution in [0.3, 0.4) is 0 Å². The smallest absolute Gasteiger partial charge is 0.269 e. The highest BCUT2D eigenvalue weighted by atomic mass is 35.5. The van der Waals surface area contributed by atoms with Gasteiger partial charge in [-0.05, 0) is 49.9 Å². The molecule has 22 heavy (non-hydrogen) atoms. The number of carbonyl (C=O) groups excluding carboxylic acids is 1. The minimum Gasteiger partial charge on any atom is -0.352 e. The number of nitro groups is 1. The zero-order valence-corrected chi connectivity index (χ0v) is 13.1. The van der Waals surface area contributed by atoms with Gasteiger partial charge < -0.3 is 10.6 Å². The lowest BCUT2D eigenvalue weighted by Crippen LogP contribution is -2.29. The standard InChI is InChI=1S/C15H20ClN3O3/c16-14-3-2-13(19(21)22)9-12(14)10-18-15(20)4-1-11-5-7-17-8-6-11/h2-3,9,11,17H,1,4-8,10H2,(H,18,20). The van der Waals surface area contributed by atoms with Crippen molar-refractivity contribution in [3.05, 3.63) is 38.9 Å². The highest BCUT2D eigenvalue weighted by Gasteiger charge is 2.15. The predicted octanol–water partition coefficient (Wildman–Crippen LogP) is 2.64. The number of piperidine rings is 1. The molecule has 1 fully saturated rings. The van der Waals surface area contributed by atoms with Crippen molar-refractivity contribution in [1.82, 2.24) is 10.6 Å². The molecule has 2 rings (SSSR count). The van der Waals surface area contributed by atoms with E-state index in [1.54, 1.807) is 0 Å². The number of nitrogens with zero attached hydrogens (tertiary/aromatic N) is 1. The second-order valence-electron chi connectivity index (χ2n) is 5.54. The Hall–Kier alpha value is -1.66. The molecule has 0 aromatic heterocycles. The maximum absolute atomic E-state index is 11.9. The van der Waals surface area contributed by atoms with Gasteiger partial charge in [0.2, 0.25) is 5.91 Å². The van der Waals surface area contributed by atoms with Crippen molar-refractivity contribution in [1.29, 1.82) is 0 Å². The predicted molar refractivity (Wildman–Crippen MR) is 84.8 cm³/mol. The number of hydrogen-bond donors (Lipinski definition) is 2. The fourth-order valence-electron chi connectivity index (χ4n) is 2.60. The zero-order valence-electron chi connectivity index (χ0n) is 12.3. The summed E-state index contributed by atoms with van der Waals surface area (Å²) in [7, 11) is 0. The zero-order chi connectivity index (χ0) is 15.9. The molecular formula is C15H20ClN3O3. The summed E-state index contributed by atoms with van der Waals surface area (Å²) in [5.41, 5.74) is 0.537. The van der Waals surface area contributed by atoms with Crippen LogP contribution in [0.25, 0.3) is 0 Å². The molecule has 1 aliphatic heterocycles. The Morgan fingerprint density at radius 1 is 1.41 bits per heavy atom. The molecule has 0 atom stereocenters. The van der Waals surface area contributed by atoms with Gasteiger partial charge in [-0.1, -0.05) is 11.6 Å². The molecule has 1 amide bonds. The molecule has 1 aromatic carbocycles. The number of amides is 1. The van der Waals surface area contributed by atoms with Gasteiger partial charge in [0.25, 0.3) is 5.69 Å². The molecular weight excluding hydrogens is 306 g/mol. The number of non-ortho nitro benzene ring substituents is 1. The molecule has 0 saturated carbocycles. The molecule has 2 N–H and O–H groups in total. The summed E-state index contributed by atoms with van der Waals surface area (Å²) < 4.78 is 0. The highest BCUT2D eigenvalue weighted by Crippen LogP contribution is 2.22. The number of benzene rings is 1. The fraction of sp³-hybridized carbons (Fsp3) is 0.533. The minimum absolute atomic E-state index is 0.0247. The Kier molecular flexibility index (Phi) is 6.15. The number of hydrogen-bond acceptors (Lipinski definition) is 4. The molecule has 1 saturated heterocycles. The molecule has 0 bridgehead atoms. The van der Waals surface area contributed by atoms with E-state index in [9.17, 15) is 14.9 Å². The summed E-state index contributed by atoms with van der Waals surface area (Å²) in [6.45, 7) is 2.26. The van der Waals surface area contributed by atoms with Gasteiger partial charge in [0.15, 0.2) is 0 Å². The van der Waals surface area contributed by atoms with Crippen molar-refractivity contribution < 1.29 is 9.72 Å². The van der Waals surface area contributed by atoms with Crippen molar-refractivity contribution in [2.24, 2.45) is 5.92 Å². The van der Waals surface area contributed by atoms with Gasteiger partial charge in [0, 0.05) is 30.1 Å². The lowest BCUT2D eigenvalue weighted by Gasteiger charge is -2.22. The molecule has 1 aliphatic rings. The van der Waals surface area contributed by atoms with E-state index in [2.05, 4.69) is 10.6 Å². The molecule has 0 unspecified atom stereocenters. The van der Waals surface area contributed by atoms with Crippen molar-refractivity contribution in [2.75, 3.05) is 13.1 Å². The van der Waals surface area contributed by atoms with Crippen LogP contribution in [-0.4, -0.2) is 23.9 Å². The first-order valence-electron chi connectivity index (χ1n) is 7.46. The van der Waals surface area contributed by atoms with E-state index in [0.717, 1.165) is 32.4 Å². The molecule has 1 aromatic rings. The quantitative estimate of drug-likeness (QED) is 0.622. The second-order valence-corrected chi connectivity index (χ2v) is 5.95. The van der Waals surface area contributed by atoms with E-state index >= 15 is 0 Å². The van der Waals surface area contributed by atoms with Crippen molar-refractivity contribution in [3.63, 3.8) is 0 Å². The third-order valence-corrected chi connectivity index (χ3v) is 4.32. The van der Waals surface area contributed by atoms with Crippen LogP contribution >= 0.6 is 11.6 Å². The first-order valence-corrected chi connectivity index (χ1v) is 7.84. The third kappa shape index (κ3) is 4.96. The van der Waals surface area contributed by atoms with E-state index in [0.29, 0.717) is 22.9 Å². The lowest BCUT2D eigenvalue weighted by molar-refractivity contribution is -0.384. The minimum atomic E-state index is -0.473. The van der Waals surface area contributed by atoms with E-state index in [-0.39, 0.29) is 18.1 Å². The Labute approximate surface area is 134 Å². The van der Waals surface area contributed by atoms with Crippen molar-refractivity contribution in [3.8, 4) is 0 Å². The molecule has 7 heteroatoms. The van der Waals surface area contributed by atoms with Crippen LogP contribution in [0.2, 0.25) is 5.02 Å². The average Bonchev–Trinajstić information content (AvgIpc) is 2.53. The van der Waals surface area contributed by atoms with Gasteiger partial charge in [0.1, 0.15) is 0 Å². The van der Waals surface area contributed by atoms with Gasteiger partial charge in [-0.15, -0.1) is 0 Å². The number of nitrogens with one attached hydrogen (secondary N) is 2. The van der Waals surface area contributed by atoms with Crippen molar-refractivity contribution in [2.45, 2.75) is 32.2 Å². The summed E-state index contributed by atoms with van der Waals surface area (Å²) in [6, 6.07) is 4.23. The first-order chi connectivity index (χ1) is 10.6. The normalized spacial score (nSPS) is 15.5. The maximum Gasteiger partial charge on any atom is 0.269 e. The van der Waals surface area contributed by atoms with Gasteiger partial charge in [-0.25, -0.2) is 0 Å². The van der Waals surface area contributed by atoms with E-state index in [1.165, 1.54) is 18.2 Å². The van der Waals surface area contributed by atoms with E-state index in [4.69, 9.17) is 11.6 Å². The van der Waals surface area contributed by atoms with E-state index < -0.39 is 4.92 Å². The topological polar surface area (TPSA) is 84.3 Å². The third-order valence-electron chi connectivity index (χ3n) is 3.95. The fourth-order valence-corrected chi connectivity index (χ4v) is 2.78. The molecule has 0 radical (unpaired) electrons. The Morgan fingerprint density at radius 2 is 2.14 bits per heavy atom. The number of nitro benzene ring substituents is 1. The number of rotatable bonds is 6. The molecule has 6 nitrogen and oxygen atoms in total. The maximum atomic E-state index is 11.9. The largest absolute Gasteiger partial charge is 0.352 e. The van der Waals surface area contributed by atoms with Crippen LogP contribution in [0.5, 0.6) is 0 Å². The number of carbonyl (C=O) groups is 1. The Bertz CT molecular complexity index is 545. The summed E-state index contributed by atoms with van der Waals surface area (Å²) in [5, 5.41) is 17.3. The van der Waals surface area contributed by atoms with Gasteiger partial charge >= 0.3 is 0 Å². The first kappa shape index (κ1) is 16.7. The Balaban J connectivity index is 1.80. The van der Waals surface area contributed by atoms with Crippen LogP contribution in [-0.2, 0) is 11.3 Å². The van der Waals surface area contributed by atoms with Gasteiger partial charge in [0.05, 0.1) is 4.92 Å². The Morgan fingerprint density at radius 3 is 2.82 bits per heavy atom. The summed E-state index contributed by atoms with van der Waals surface area (Å²) in [5.74, 6) is 0.564. The summed E-state index contributed by atoms with van der Waals surface area (Å²) in [6.07, 6.45) is 3.60. The van der Waals surface area contributed by atoms with E-state index in [1.807, 2.05) is 0 Å². The molecule has 0 spiro atoms. The van der Waals surface area contributed by atoms with Crippen LogP contribution in [0.4, 0.5) is 5.69 Å². The SMILES string of the molecule is O=C(CCC1CCNCC1)NCc1cc([N+](=O)[O-])ccc1Cl. The number of halogens is 1. The van der Waals surface area contributed by atoms with Crippen molar-refractivity contribution >= 4 is 23.2 Å². The van der Waals surface area contributed by atoms with Gasteiger partial charge in [-0.3, -0.25) is 14.9 Å². The van der Waals surface area contributed by atoms with Gasteiger partial charge in [-0.2, -0.15) is 0 Å². The monoisotopic (exact) mass is 325 g/mol. The molecule has 1 heterocycles. The second kappa shape index (κ2) is 8.10. The summed E-state index contributed by atoms with van der Waals surface area (Å²) in [4.78, 5) is 22.2. The van der Waals surface area contributed by atoms with Crippen LogP contribution in [0, 0.1) is 16.0 Å². The highest BCUT2D eigenvalue weighted by molar-refractivity contribution is 6.31. The summed E-state index contributed by atoms with van der Waals surface area (Å²) >= 11 is 6.00. The molecule has 120 valence electrons. The van der Waals surface area contributed by atoms with Crippen LogP contribution < -0.4 is 10.6 Å². The lowest BCUT2D eigenvalue weighted by atomic mass is 9.93. The molecule has 0 aliphatic carbocycles. The average molecular weight is 326 g/mol. The van der Waals surface area contributed by atoms with Crippen LogP contribution in [0.1, 0.15) is 31.2 Å².